The van der Waals surface area contributed by atoms with E-state index in [-0.39, 0.29) is 16.7 Å². The fraction of sp³-hybridized carbons (Fsp3) is 0.133. The van der Waals surface area contributed by atoms with E-state index in [1.807, 2.05) is 25.1 Å². The molecule has 0 aliphatic carbocycles. The lowest BCUT2D eigenvalue weighted by molar-refractivity contribution is -0.385. The fourth-order valence-electron chi connectivity index (χ4n) is 2.38. The SMILES string of the molecule is CC(Nc1ccc2[nH]ncc2c1)c1ccccc1[N+](=O)[O-]. The molecule has 6 heteroatoms. The first-order chi connectivity index (χ1) is 10.1. The van der Waals surface area contributed by atoms with Crippen molar-refractivity contribution in [1.82, 2.24) is 10.2 Å². The Morgan fingerprint density at radius 3 is 2.90 bits per heavy atom. The Hall–Kier alpha value is -2.89. The van der Waals surface area contributed by atoms with Crippen LogP contribution < -0.4 is 5.32 Å². The molecule has 1 atom stereocenters. The van der Waals surface area contributed by atoms with E-state index in [0.717, 1.165) is 16.6 Å². The Morgan fingerprint density at radius 2 is 2.10 bits per heavy atom. The van der Waals surface area contributed by atoms with Crippen molar-refractivity contribution in [2.24, 2.45) is 0 Å². The predicted octanol–water partition coefficient (Wildman–Crippen LogP) is 3.64. The first-order valence-corrected chi connectivity index (χ1v) is 6.58. The molecule has 2 N–H and O–H groups in total. The van der Waals surface area contributed by atoms with Crippen LogP contribution in [0.1, 0.15) is 18.5 Å². The molecule has 0 radical (unpaired) electrons. The third-order valence-corrected chi connectivity index (χ3v) is 3.42. The van der Waals surface area contributed by atoms with Crippen LogP contribution in [0.3, 0.4) is 0 Å². The number of nitrogens with zero attached hydrogens (tertiary/aromatic N) is 2. The van der Waals surface area contributed by atoms with Crippen LogP contribution in [0.5, 0.6) is 0 Å². The molecule has 0 fully saturated rings. The molecule has 1 aromatic heterocycles. The normalized spacial score (nSPS) is 12.2. The van der Waals surface area contributed by atoms with Gasteiger partial charge < -0.3 is 5.32 Å². The van der Waals surface area contributed by atoms with E-state index < -0.39 is 0 Å². The molecule has 0 aliphatic heterocycles. The highest BCUT2D eigenvalue weighted by molar-refractivity contribution is 5.81. The maximum absolute atomic E-state index is 11.1. The number of fused-ring (bicyclic) bond motifs is 1. The van der Waals surface area contributed by atoms with E-state index in [1.54, 1.807) is 24.4 Å². The Morgan fingerprint density at radius 1 is 1.29 bits per heavy atom. The summed E-state index contributed by atoms with van der Waals surface area (Å²) in [6.45, 7) is 1.90. The lowest BCUT2D eigenvalue weighted by Crippen LogP contribution is -2.08. The average molecular weight is 282 g/mol. The largest absolute Gasteiger partial charge is 0.378 e. The summed E-state index contributed by atoms with van der Waals surface area (Å²) in [5, 5.41) is 22.2. The van der Waals surface area contributed by atoms with Crippen LogP contribution >= 0.6 is 0 Å². The standard InChI is InChI=1S/C15H14N4O2/c1-10(13-4-2-3-5-15(13)19(20)21)17-12-6-7-14-11(8-12)9-16-18-14/h2-10,17H,1H3,(H,16,18). The smallest absolute Gasteiger partial charge is 0.274 e. The number of para-hydroxylation sites is 1. The second kappa shape index (κ2) is 5.24. The number of nitro groups is 1. The number of aromatic nitrogens is 2. The van der Waals surface area contributed by atoms with Crippen molar-refractivity contribution in [2.45, 2.75) is 13.0 Å². The van der Waals surface area contributed by atoms with Gasteiger partial charge in [-0.3, -0.25) is 15.2 Å². The van der Waals surface area contributed by atoms with Crippen LogP contribution in [0, 0.1) is 10.1 Å². The minimum atomic E-state index is -0.354. The third-order valence-electron chi connectivity index (χ3n) is 3.42. The van der Waals surface area contributed by atoms with Crippen molar-refractivity contribution in [2.75, 3.05) is 5.32 Å². The Labute approximate surface area is 121 Å². The number of H-pyrrole nitrogens is 1. The zero-order valence-electron chi connectivity index (χ0n) is 11.4. The molecule has 1 unspecified atom stereocenters. The maximum Gasteiger partial charge on any atom is 0.274 e. The Kier molecular flexibility index (Phi) is 3.27. The molecule has 3 rings (SSSR count). The number of rotatable bonds is 4. The monoisotopic (exact) mass is 282 g/mol. The first-order valence-electron chi connectivity index (χ1n) is 6.58. The molecule has 106 valence electrons. The van der Waals surface area contributed by atoms with Crippen LogP contribution in [-0.2, 0) is 0 Å². The van der Waals surface area contributed by atoms with Gasteiger partial charge in [0.1, 0.15) is 0 Å². The first kappa shape index (κ1) is 13.1. The van der Waals surface area contributed by atoms with E-state index in [1.165, 1.54) is 6.07 Å². The summed E-state index contributed by atoms with van der Waals surface area (Å²) in [6.07, 6.45) is 1.75. The highest BCUT2D eigenvalue weighted by Crippen LogP contribution is 2.28. The number of aromatic amines is 1. The van der Waals surface area contributed by atoms with Gasteiger partial charge in [-0.05, 0) is 25.1 Å². The van der Waals surface area contributed by atoms with E-state index in [2.05, 4.69) is 15.5 Å². The summed E-state index contributed by atoms with van der Waals surface area (Å²) in [5.41, 5.74) is 2.64. The maximum atomic E-state index is 11.1. The zero-order chi connectivity index (χ0) is 14.8. The average Bonchev–Trinajstić information content (AvgIpc) is 2.94. The molecule has 3 aromatic rings. The topological polar surface area (TPSA) is 83.8 Å². The minimum absolute atomic E-state index is 0.127. The van der Waals surface area contributed by atoms with Crippen LogP contribution in [0.4, 0.5) is 11.4 Å². The molecule has 0 bridgehead atoms. The van der Waals surface area contributed by atoms with Crippen molar-refractivity contribution >= 4 is 22.3 Å². The predicted molar refractivity (Wildman–Crippen MR) is 81.2 cm³/mol. The van der Waals surface area contributed by atoms with Crippen molar-refractivity contribution in [1.29, 1.82) is 0 Å². The van der Waals surface area contributed by atoms with Crippen molar-refractivity contribution in [3.8, 4) is 0 Å². The van der Waals surface area contributed by atoms with Crippen LogP contribution in [0.25, 0.3) is 10.9 Å². The Bertz CT molecular complexity index is 797. The van der Waals surface area contributed by atoms with Gasteiger partial charge in [0, 0.05) is 17.1 Å². The summed E-state index contributed by atoms with van der Waals surface area (Å²) in [6, 6.07) is 12.4. The fourth-order valence-corrected chi connectivity index (χ4v) is 2.38. The number of hydrogen-bond donors (Lipinski definition) is 2. The van der Waals surface area contributed by atoms with E-state index in [0.29, 0.717) is 5.56 Å². The van der Waals surface area contributed by atoms with E-state index in [4.69, 9.17) is 0 Å². The molecule has 21 heavy (non-hydrogen) atoms. The minimum Gasteiger partial charge on any atom is -0.378 e. The third kappa shape index (κ3) is 2.55. The van der Waals surface area contributed by atoms with Gasteiger partial charge in [0.15, 0.2) is 0 Å². The Balaban J connectivity index is 1.89. The molecular formula is C15H14N4O2. The summed E-state index contributed by atoms with van der Waals surface area (Å²) < 4.78 is 0. The van der Waals surface area contributed by atoms with E-state index in [9.17, 15) is 10.1 Å². The van der Waals surface area contributed by atoms with Gasteiger partial charge in [-0.15, -0.1) is 0 Å². The highest BCUT2D eigenvalue weighted by atomic mass is 16.6. The molecule has 0 aliphatic rings. The summed E-state index contributed by atoms with van der Waals surface area (Å²) in [4.78, 5) is 10.7. The summed E-state index contributed by atoms with van der Waals surface area (Å²) in [5.74, 6) is 0. The van der Waals surface area contributed by atoms with Crippen molar-refractivity contribution < 1.29 is 4.92 Å². The van der Waals surface area contributed by atoms with Gasteiger partial charge >= 0.3 is 0 Å². The molecule has 0 spiro atoms. The van der Waals surface area contributed by atoms with Crippen molar-refractivity contribution in [3.63, 3.8) is 0 Å². The lowest BCUT2D eigenvalue weighted by atomic mass is 10.1. The summed E-state index contributed by atoms with van der Waals surface area (Å²) in [7, 11) is 0. The van der Waals surface area contributed by atoms with Gasteiger partial charge in [-0.25, -0.2) is 0 Å². The van der Waals surface area contributed by atoms with Gasteiger partial charge in [-0.1, -0.05) is 18.2 Å². The molecule has 1 heterocycles. The highest BCUT2D eigenvalue weighted by Gasteiger charge is 2.17. The zero-order valence-corrected chi connectivity index (χ0v) is 11.4. The number of anilines is 1. The van der Waals surface area contributed by atoms with Gasteiger partial charge in [-0.2, -0.15) is 5.10 Å². The summed E-state index contributed by atoms with van der Waals surface area (Å²) >= 11 is 0. The molecule has 6 nitrogen and oxygen atoms in total. The van der Waals surface area contributed by atoms with Crippen molar-refractivity contribution in [3.05, 3.63) is 64.3 Å². The number of nitrogens with one attached hydrogen (secondary N) is 2. The molecule has 0 saturated carbocycles. The molecule has 2 aromatic carbocycles. The lowest BCUT2D eigenvalue weighted by Gasteiger charge is -2.15. The number of hydrogen-bond acceptors (Lipinski definition) is 4. The van der Waals surface area contributed by atoms with Crippen LogP contribution in [0.15, 0.2) is 48.7 Å². The van der Waals surface area contributed by atoms with Gasteiger partial charge in [0.25, 0.3) is 5.69 Å². The molecular weight excluding hydrogens is 268 g/mol. The molecule has 0 amide bonds. The molecule has 0 saturated heterocycles. The van der Waals surface area contributed by atoms with Crippen LogP contribution in [0.2, 0.25) is 0 Å². The van der Waals surface area contributed by atoms with Gasteiger partial charge in [0.2, 0.25) is 0 Å². The quantitative estimate of drug-likeness (QED) is 0.565. The van der Waals surface area contributed by atoms with E-state index >= 15 is 0 Å². The van der Waals surface area contributed by atoms with Gasteiger partial charge in [0.05, 0.1) is 28.2 Å². The second-order valence-electron chi connectivity index (χ2n) is 4.85. The number of benzene rings is 2. The second-order valence-corrected chi connectivity index (χ2v) is 4.85. The van der Waals surface area contributed by atoms with Crippen LogP contribution in [-0.4, -0.2) is 15.1 Å². The number of nitro benzene ring substituents is 1.